The third-order valence-corrected chi connectivity index (χ3v) is 3.81. The lowest BCUT2D eigenvalue weighted by Gasteiger charge is -2.38. The molecule has 2 atom stereocenters. The summed E-state index contributed by atoms with van der Waals surface area (Å²) in [6.07, 6.45) is 4.94. The summed E-state index contributed by atoms with van der Waals surface area (Å²) < 4.78 is 0. The highest BCUT2D eigenvalue weighted by atomic mass is 16.4. The van der Waals surface area contributed by atoms with Crippen LogP contribution in [0.15, 0.2) is 0 Å². The Morgan fingerprint density at radius 3 is 1.85 bits per heavy atom. The van der Waals surface area contributed by atoms with Crippen LogP contribution in [0.5, 0.6) is 0 Å². The number of nitrogens with zero attached hydrogens (tertiary/aromatic N) is 1. The average molecular weight is 378 g/mol. The summed E-state index contributed by atoms with van der Waals surface area (Å²) in [7, 11) is 2.89. The van der Waals surface area contributed by atoms with Crippen LogP contribution in [0.3, 0.4) is 0 Å². The van der Waals surface area contributed by atoms with Crippen LogP contribution in [0.4, 0.5) is 0 Å². The Kier molecular flexibility index (Phi) is 28.4. The number of carboxylic acids is 1. The van der Waals surface area contributed by atoms with E-state index < -0.39 is 18.6 Å². The summed E-state index contributed by atoms with van der Waals surface area (Å²) in [5.74, 6) is -0.697. The van der Waals surface area contributed by atoms with E-state index in [1.54, 1.807) is 6.92 Å². The maximum Gasteiger partial charge on any atom is 0.451 e. The molecule has 0 aromatic carbocycles. The lowest BCUT2D eigenvalue weighted by molar-refractivity contribution is -0.147. The normalized spacial score (nSPS) is 20.6. The zero-order chi connectivity index (χ0) is 21.8. The largest absolute Gasteiger partial charge is 0.480 e. The first kappa shape index (κ1) is 33.0. The Hall–Kier alpha value is -0.625. The summed E-state index contributed by atoms with van der Waals surface area (Å²) >= 11 is 0. The smallest absolute Gasteiger partial charge is 0.451 e. The number of hydrogen-bond acceptors (Lipinski definition) is 5. The van der Waals surface area contributed by atoms with Crippen LogP contribution >= 0.6 is 0 Å². The van der Waals surface area contributed by atoms with Crippen molar-refractivity contribution in [3.63, 3.8) is 0 Å². The van der Waals surface area contributed by atoms with E-state index in [0.29, 0.717) is 12.7 Å². The second-order valence-corrected chi connectivity index (χ2v) is 5.77. The zero-order valence-corrected chi connectivity index (χ0v) is 18.9. The van der Waals surface area contributed by atoms with Gasteiger partial charge in [0.05, 0.1) is 0 Å². The van der Waals surface area contributed by atoms with Crippen molar-refractivity contribution in [1.82, 2.24) is 4.90 Å². The number of carboxylic acid groups (broad SMARTS) is 1. The molecule has 1 saturated carbocycles. The van der Waals surface area contributed by atoms with E-state index in [-0.39, 0.29) is 5.92 Å². The van der Waals surface area contributed by atoms with Gasteiger partial charge in [0.25, 0.3) is 0 Å². The third kappa shape index (κ3) is 16.8. The number of rotatable bonds is 5. The summed E-state index contributed by atoms with van der Waals surface area (Å²) in [6, 6.07) is 0. The highest BCUT2D eigenvalue weighted by Crippen LogP contribution is 2.34. The topological polar surface area (TPSA) is 107 Å². The van der Waals surface area contributed by atoms with Gasteiger partial charge in [0, 0.05) is 0 Å². The fourth-order valence-electron chi connectivity index (χ4n) is 2.37. The Morgan fingerprint density at radius 1 is 1.12 bits per heavy atom. The molecule has 1 aliphatic carbocycles. The van der Waals surface area contributed by atoms with E-state index >= 15 is 0 Å². The predicted octanol–water partition coefficient (Wildman–Crippen LogP) is 3.47. The SMILES string of the molecule is CC.CC.CC.CCB(O)O.CN(C)CCC1CCCCC1(N)C(=O)O. The molecule has 1 fully saturated rings. The molecular formula is C19H47BN2O4. The molecule has 1 aliphatic rings. The second kappa shape index (κ2) is 22.4. The molecule has 6 nitrogen and oxygen atoms in total. The molecule has 0 bridgehead atoms. The molecule has 7 heteroatoms. The van der Waals surface area contributed by atoms with Gasteiger partial charge in [-0.2, -0.15) is 0 Å². The van der Waals surface area contributed by atoms with E-state index in [1.807, 2.05) is 55.6 Å². The highest BCUT2D eigenvalue weighted by Gasteiger charge is 2.43. The second-order valence-electron chi connectivity index (χ2n) is 5.77. The number of hydrogen-bond donors (Lipinski definition) is 4. The maximum atomic E-state index is 11.2. The van der Waals surface area contributed by atoms with Crippen molar-refractivity contribution < 1.29 is 19.9 Å². The van der Waals surface area contributed by atoms with Gasteiger partial charge in [0.2, 0.25) is 0 Å². The average Bonchev–Trinajstić information content (AvgIpc) is 2.66. The molecule has 0 aromatic heterocycles. The number of nitrogens with two attached hydrogens (primary N) is 1. The van der Waals surface area contributed by atoms with Gasteiger partial charge in [-0.25, -0.2) is 0 Å². The van der Waals surface area contributed by atoms with Crippen LogP contribution in [0.1, 0.15) is 80.6 Å². The van der Waals surface area contributed by atoms with Crippen LogP contribution in [0.25, 0.3) is 0 Å². The summed E-state index contributed by atoms with van der Waals surface area (Å²) in [5, 5.41) is 25.0. The standard InChI is InChI=1S/C11H22N2O2.C2H7BO2.3C2H6/c1-13(2)8-6-9-5-3-4-7-11(9,12)10(14)15;1-2-3(4)5;3*1-2/h9H,3-8,12H2,1-2H3,(H,14,15);4-5H,2H2,1H3;3*1-2H3. The molecule has 0 aliphatic heterocycles. The minimum absolute atomic E-state index is 0.131. The highest BCUT2D eigenvalue weighted by molar-refractivity contribution is 6.40. The number of aliphatic carboxylic acids is 1. The molecule has 0 saturated heterocycles. The van der Waals surface area contributed by atoms with Gasteiger partial charge in [-0.1, -0.05) is 61.3 Å². The molecule has 1 rings (SSSR count). The Morgan fingerprint density at radius 2 is 1.54 bits per heavy atom. The van der Waals surface area contributed by atoms with Gasteiger partial charge >= 0.3 is 13.1 Å². The van der Waals surface area contributed by atoms with Gasteiger partial charge in [-0.05, 0) is 52.1 Å². The van der Waals surface area contributed by atoms with Crippen molar-refractivity contribution in [2.45, 2.75) is 92.4 Å². The van der Waals surface area contributed by atoms with Crippen molar-refractivity contribution in [2.75, 3.05) is 20.6 Å². The van der Waals surface area contributed by atoms with Gasteiger partial charge in [-0.15, -0.1) is 0 Å². The molecular weight excluding hydrogens is 331 g/mol. The Labute approximate surface area is 163 Å². The predicted molar refractivity (Wildman–Crippen MR) is 114 cm³/mol. The maximum absolute atomic E-state index is 11.2. The molecule has 0 spiro atoms. The van der Waals surface area contributed by atoms with Crippen LogP contribution < -0.4 is 5.73 Å². The lowest BCUT2D eigenvalue weighted by Crippen LogP contribution is -2.56. The monoisotopic (exact) mass is 378 g/mol. The van der Waals surface area contributed by atoms with E-state index in [9.17, 15) is 9.90 Å². The molecule has 0 heterocycles. The first-order valence-corrected chi connectivity index (χ1v) is 10.3. The van der Waals surface area contributed by atoms with Crippen molar-refractivity contribution in [3.05, 3.63) is 0 Å². The zero-order valence-electron chi connectivity index (χ0n) is 18.9. The number of carbonyl (C=O) groups is 1. The molecule has 5 N–H and O–H groups in total. The van der Waals surface area contributed by atoms with E-state index in [1.165, 1.54) is 0 Å². The molecule has 0 amide bonds. The molecule has 26 heavy (non-hydrogen) atoms. The molecule has 0 radical (unpaired) electrons. The van der Waals surface area contributed by atoms with Crippen LogP contribution in [-0.2, 0) is 4.79 Å². The fraction of sp³-hybridized carbons (Fsp3) is 0.947. The van der Waals surface area contributed by atoms with Gasteiger partial charge < -0.3 is 25.8 Å². The van der Waals surface area contributed by atoms with Crippen molar-refractivity contribution >= 4 is 13.1 Å². The third-order valence-electron chi connectivity index (χ3n) is 3.81. The Balaban J connectivity index is -0.000000185. The van der Waals surface area contributed by atoms with Gasteiger partial charge in [0.1, 0.15) is 5.54 Å². The van der Waals surface area contributed by atoms with Crippen molar-refractivity contribution in [2.24, 2.45) is 11.7 Å². The first-order valence-electron chi connectivity index (χ1n) is 10.3. The van der Waals surface area contributed by atoms with Crippen LogP contribution in [0.2, 0.25) is 6.32 Å². The van der Waals surface area contributed by atoms with Gasteiger partial charge in [-0.3, -0.25) is 4.79 Å². The molecule has 160 valence electrons. The first-order chi connectivity index (χ1) is 12.2. The minimum atomic E-state index is -1.12. The van der Waals surface area contributed by atoms with Crippen molar-refractivity contribution in [1.29, 1.82) is 0 Å². The van der Waals surface area contributed by atoms with E-state index in [4.69, 9.17) is 15.8 Å². The molecule has 2 unspecified atom stereocenters. The van der Waals surface area contributed by atoms with Crippen LogP contribution in [0, 0.1) is 5.92 Å². The minimum Gasteiger partial charge on any atom is -0.480 e. The fourth-order valence-corrected chi connectivity index (χ4v) is 2.37. The lowest BCUT2D eigenvalue weighted by atomic mass is 9.72. The quantitative estimate of drug-likeness (QED) is 0.546. The summed E-state index contributed by atoms with van der Waals surface area (Å²) in [5.41, 5.74) is 5.04. The van der Waals surface area contributed by atoms with Gasteiger partial charge in [0.15, 0.2) is 0 Å². The van der Waals surface area contributed by atoms with E-state index in [0.717, 1.165) is 32.2 Å². The summed E-state index contributed by atoms with van der Waals surface area (Å²) in [6.45, 7) is 14.6. The van der Waals surface area contributed by atoms with Crippen LogP contribution in [-0.4, -0.2) is 59.3 Å². The molecule has 0 aromatic rings. The van der Waals surface area contributed by atoms with E-state index in [2.05, 4.69) is 4.90 Å². The van der Waals surface area contributed by atoms with Crippen molar-refractivity contribution in [3.8, 4) is 0 Å². The summed E-state index contributed by atoms with van der Waals surface area (Å²) in [4.78, 5) is 13.3. The Bertz CT molecular complexity index is 293.